The highest BCUT2D eigenvalue weighted by molar-refractivity contribution is 14.1. The second-order valence-corrected chi connectivity index (χ2v) is 5.54. The number of alkyl halides is 1. The zero-order chi connectivity index (χ0) is 13.0. The molecule has 0 aliphatic rings. The Morgan fingerprint density at radius 2 is 1.94 bits per heavy atom. The summed E-state index contributed by atoms with van der Waals surface area (Å²) in [5.41, 5.74) is 1.17. The van der Waals surface area contributed by atoms with Crippen LogP contribution < -0.4 is 0 Å². The van der Waals surface area contributed by atoms with Gasteiger partial charge in [0.1, 0.15) is 3.92 Å². The molecule has 0 radical (unpaired) electrons. The van der Waals surface area contributed by atoms with Gasteiger partial charge in [0.25, 0.3) is 0 Å². The molecule has 0 aliphatic carbocycles. The second-order valence-electron chi connectivity index (χ2n) is 4.04. The average molecular weight is 358 g/mol. The highest BCUT2D eigenvalue weighted by atomic mass is 127. The number of rotatable bonds is 4. The van der Waals surface area contributed by atoms with E-state index in [1.807, 2.05) is 46.9 Å². The maximum absolute atomic E-state index is 11.8. The summed E-state index contributed by atoms with van der Waals surface area (Å²) in [7, 11) is 0. The van der Waals surface area contributed by atoms with E-state index in [2.05, 4.69) is 23.1 Å². The molecular formula is C14H12FIO2. The summed E-state index contributed by atoms with van der Waals surface area (Å²) < 4.78 is 11.3. The van der Waals surface area contributed by atoms with Gasteiger partial charge < -0.3 is 0 Å². The average Bonchev–Trinajstić information content (AvgIpc) is 2.43. The monoisotopic (exact) mass is 358 g/mol. The van der Waals surface area contributed by atoms with Crippen LogP contribution in [0.1, 0.15) is 12.0 Å². The number of hydrogen-bond acceptors (Lipinski definition) is 2. The van der Waals surface area contributed by atoms with Crippen LogP contribution in [0.3, 0.4) is 0 Å². The largest absolute Gasteiger partial charge is 0.361 e. The van der Waals surface area contributed by atoms with E-state index in [1.165, 1.54) is 16.3 Å². The number of halogens is 2. The molecule has 0 spiro atoms. The lowest BCUT2D eigenvalue weighted by atomic mass is 10.0. The minimum Gasteiger partial charge on any atom is -0.254 e. The van der Waals surface area contributed by atoms with E-state index >= 15 is 0 Å². The maximum atomic E-state index is 11.8. The lowest BCUT2D eigenvalue weighted by Crippen LogP contribution is -2.14. The van der Waals surface area contributed by atoms with Gasteiger partial charge in [0, 0.05) is 4.53 Å². The molecule has 0 bridgehead atoms. The highest BCUT2D eigenvalue weighted by Gasteiger charge is 2.17. The number of fused-ring (bicyclic) bond motifs is 1. The van der Waals surface area contributed by atoms with Gasteiger partial charge in [-0.2, -0.15) is 0 Å². The summed E-state index contributed by atoms with van der Waals surface area (Å²) in [6, 6.07) is 14.2. The Morgan fingerprint density at radius 3 is 2.72 bits per heavy atom. The molecule has 2 aromatic carbocycles. The summed E-state index contributed by atoms with van der Waals surface area (Å²) in [5.74, 6) is -0.809. The molecule has 0 fully saturated rings. The van der Waals surface area contributed by atoms with Crippen LogP contribution in [0.4, 0.5) is 4.53 Å². The normalized spacial score (nSPS) is 12.3. The van der Waals surface area contributed by atoms with E-state index in [0.717, 1.165) is 6.42 Å². The van der Waals surface area contributed by atoms with Gasteiger partial charge in [-0.15, -0.1) is 0 Å². The molecule has 1 atom stereocenters. The molecule has 0 N–H and O–H groups in total. The molecular weight excluding hydrogens is 346 g/mol. The molecule has 0 heterocycles. The number of benzene rings is 2. The van der Waals surface area contributed by atoms with Gasteiger partial charge in [0.05, 0.1) is 0 Å². The molecule has 1 unspecified atom stereocenters. The van der Waals surface area contributed by atoms with Crippen LogP contribution in [0, 0.1) is 0 Å². The molecule has 0 aliphatic heterocycles. The third-order valence-electron chi connectivity index (χ3n) is 2.88. The lowest BCUT2D eigenvalue weighted by Gasteiger charge is -2.08. The van der Waals surface area contributed by atoms with Gasteiger partial charge in [-0.25, -0.2) is 4.79 Å². The summed E-state index contributed by atoms with van der Waals surface area (Å²) >= 11 is 1.90. The Labute approximate surface area is 118 Å². The lowest BCUT2D eigenvalue weighted by molar-refractivity contribution is -0.182. The van der Waals surface area contributed by atoms with Gasteiger partial charge >= 0.3 is 5.97 Å². The first kappa shape index (κ1) is 13.3. The van der Waals surface area contributed by atoms with Crippen LogP contribution >= 0.6 is 22.6 Å². The van der Waals surface area contributed by atoms with Crippen molar-refractivity contribution in [3.05, 3.63) is 48.0 Å². The third-order valence-corrected chi connectivity index (χ3v) is 4.01. The van der Waals surface area contributed by atoms with Crippen LogP contribution in [-0.4, -0.2) is 9.89 Å². The topological polar surface area (TPSA) is 26.3 Å². The Bertz CT molecular complexity index is 551. The quantitative estimate of drug-likeness (QED) is 0.610. The predicted octanol–water partition coefficient (Wildman–Crippen LogP) is 4.00. The predicted molar refractivity (Wildman–Crippen MR) is 77.3 cm³/mol. The number of hydrogen-bond donors (Lipinski definition) is 0. The van der Waals surface area contributed by atoms with Crippen molar-refractivity contribution < 1.29 is 14.3 Å². The van der Waals surface area contributed by atoms with Crippen LogP contribution in [-0.2, 0) is 16.2 Å². The molecule has 0 amide bonds. The van der Waals surface area contributed by atoms with Crippen LogP contribution in [0.15, 0.2) is 42.5 Å². The van der Waals surface area contributed by atoms with Gasteiger partial charge in [0.2, 0.25) is 0 Å². The van der Waals surface area contributed by atoms with Crippen LogP contribution in [0.2, 0.25) is 0 Å². The summed E-state index contributed by atoms with van der Waals surface area (Å²) in [4.78, 5) is 14.2. The highest BCUT2D eigenvalue weighted by Crippen LogP contribution is 2.21. The fraction of sp³-hybridized carbons (Fsp3) is 0.214. The van der Waals surface area contributed by atoms with Crippen molar-refractivity contribution in [3.8, 4) is 0 Å². The Balaban J connectivity index is 2.15. The maximum Gasteiger partial charge on any atom is 0.361 e. The number of carbonyl (C=O) groups excluding carboxylic acids is 1. The molecule has 18 heavy (non-hydrogen) atoms. The van der Waals surface area contributed by atoms with Gasteiger partial charge in [-0.05, 0) is 29.2 Å². The smallest absolute Gasteiger partial charge is 0.254 e. The van der Waals surface area contributed by atoms with E-state index < -0.39 is 9.89 Å². The van der Waals surface area contributed by atoms with Crippen molar-refractivity contribution in [1.82, 2.24) is 0 Å². The molecule has 0 saturated carbocycles. The van der Waals surface area contributed by atoms with Crippen molar-refractivity contribution in [2.75, 3.05) is 0 Å². The molecule has 2 nitrogen and oxygen atoms in total. The molecule has 0 aromatic heterocycles. The standard InChI is InChI=1S/C14H12FIO2/c15-18-14(17)13(16)9-8-11-6-3-5-10-4-1-2-7-12(10)11/h1-7,13H,8-9H2. The van der Waals surface area contributed by atoms with Crippen LogP contribution in [0.25, 0.3) is 10.8 Å². The number of aryl methyl sites for hydroxylation is 1. The van der Waals surface area contributed by atoms with E-state index in [9.17, 15) is 9.32 Å². The van der Waals surface area contributed by atoms with E-state index in [1.54, 1.807) is 0 Å². The van der Waals surface area contributed by atoms with Crippen molar-refractivity contribution >= 4 is 39.3 Å². The summed E-state index contributed by atoms with van der Waals surface area (Å²) in [5, 5.41) is 2.35. The van der Waals surface area contributed by atoms with Gasteiger partial charge in [0.15, 0.2) is 0 Å². The van der Waals surface area contributed by atoms with Gasteiger partial charge in [-0.3, -0.25) is 4.94 Å². The van der Waals surface area contributed by atoms with E-state index in [4.69, 9.17) is 0 Å². The van der Waals surface area contributed by atoms with E-state index in [-0.39, 0.29) is 0 Å². The summed E-state index contributed by atoms with van der Waals surface area (Å²) in [6.07, 6.45) is 1.29. The number of carbonyl (C=O) groups is 1. The minimum atomic E-state index is -0.809. The summed E-state index contributed by atoms with van der Waals surface area (Å²) in [6.45, 7) is 0. The Morgan fingerprint density at radius 1 is 1.22 bits per heavy atom. The van der Waals surface area contributed by atoms with Crippen molar-refractivity contribution in [2.45, 2.75) is 16.8 Å². The minimum absolute atomic E-state index is 0.452. The SMILES string of the molecule is O=C(OF)C(I)CCc1cccc2ccccc12. The first-order valence-corrected chi connectivity index (χ1v) is 6.90. The fourth-order valence-electron chi connectivity index (χ4n) is 1.96. The van der Waals surface area contributed by atoms with Crippen molar-refractivity contribution in [3.63, 3.8) is 0 Å². The van der Waals surface area contributed by atoms with E-state index in [0.29, 0.717) is 6.42 Å². The van der Waals surface area contributed by atoms with Crippen molar-refractivity contribution in [2.24, 2.45) is 0 Å². The molecule has 2 rings (SSSR count). The first-order valence-electron chi connectivity index (χ1n) is 5.65. The van der Waals surface area contributed by atoms with Gasteiger partial charge in [-0.1, -0.05) is 65.1 Å². The van der Waals surface area contributed by atoms with Crippen molar-refractivity contribution in [1.29, 1.82) is 0 Å². The zero-order valence-corrected chi connectivity index (χ0v) is 11.8. The molecule has 2 aromatic rings. The third kappa shape index (κ3) is 2.98. The fourth-order valence-corrected chi connectivity index (χ4v) is 2.37. The Kier molecular flexibility index (Phi) is 4.52. The second kappa shape index (κ2) is 6.13. The van der Waals surface area contributed by atoms with Crippen LogP contribution in [0.5, 0.6) is 0 Å². The first-order chi connectivity index (χ1) is 8.72. The molecule has 94 valence electrons. The zero-order valence-electron chi connectivity index (χ0n) is 9.61. The molecule has 4 heteroatoms. The Hall–Kier alpha value is -1.17. The molecule has 0 saturated heterocycles.